The Hall–Kier alpha value is -0.670. The fraction of sp³-hybridized carbons (Fsp3) is 0.444. The summed E-state index contributed by atoms with van der Waals surface area (Å²) in [6.07, 6.45) is 4.08. The van der Waals surface area contributed by atoms with Crippen LogP contribution >= 0.6 is 11.3 Å². The second-order valence-electron chi connectivity index (χ2n) is 2.80. The lowest BCUT2D eigenvalue weighted by Crippen LogP contribution is -2.08. The zero-order valence-corrected chi connectivity index (χ0v) is 8.53. The lowest BCUT2D eigenvalue weighted by molar-refractivity contribution is 0.885. The zero-order valence-electron chi connectivity index (χ0n) is 7.72. The molecule has 1 heterocycles. The molecule has 0 fully saturated rings. The molecule has 1 rings (SSSR count). The molecule has 1 N–H and O–H groups in total. The van der Waals surface area contributed by atoms with Crippen molar-refractivity contribution in [2.75, 3.05) is 13.6 Å². The molecule has 0 saturated carbocycles. The molecule has 0 aliphatic heterocycles. The van der Waals surface area contributed by atoms with Crippen molar-refractivity contribution >= 4 is 17.4 Å². The maximum Gasteiger partial charge on any atom is 0.0900 e. The molecule has 0 bridgehead atoms. The highest BCUT2D eigenvalue weighted by Gasteiger charge is 1.94. The van der Waals surface area contributed by atoms with Gasteiger partial charge in [-0.1, -0.05) is 5.57 Å². The molecule has 3 heteroatoms. The third-order valence-electron chi connectivity index (χ3n) is 1.48. The molecule has 66 valence electrons. The van der Waals surface area contributed by atoms with E-state index in [-0.39, 0.29) is 0 Å². The predicted molar refractivity (Wildman–Crippen MR) is 54.4 cm³/mol. The molecule has 2 nitrogen and oxygen atoms in total. The van der Waals surface area contributed by atoms with Crippen LogP contribution in [0.4, 0.5) is 0 Å². The van der Waals surface area contributed by atoms with Gasteiger partial charge in [-0.3, -0.25) is 0 Å². The number of likely N-dealkylation sites (N-methyl/N-ethyl adjacent to an activating group) is 1. The highest BCUT2D eigenvalue weighted by molar-refractivity contribution is 7.12. The van der Waals surface area contributed by atoms with Crippen LogP contribution in [-0.4, -0.2) is 18.6 Å². The van der Waals surface area contributed by atoms with Gasteiger partial charge in [-0.05, 0) is 27.0 Å². The Morgan fingerprint density at radius 3 is 3.00 bits per heavy atom. The van der Waals surface area contributed by atoms with Gasteiger partial charge in [-0.2, -0.15) is 0 Å². The van der Waals surface area contributed by atoms with Crippen molar-refractivity contribution in [1.82, 2.24) is 10.3 Å². The summed E-state index contributed by atoms with van der Waals surface area (Å²) in [5.74, 6) is 0. The second kappa shape index (κ2) is 4.38. The van der Waals surface area contributed by atoms with Crippen molar-refractivity contribution < 1.29 is 0 Å². The molecule has 1 aromatic rings. The number of hydrogen-bond acceptors (Lipinski definition) is 3. The van der Waals surface area contributed by atoms with E-state index >= 15 is 0 Å². The lowest BCUT2D eigenvalue weighted by Gasteiger charge is -1.96. The highest BCUT2D eigenvalue weighted by atomic mass is 32.1. The van der Waals surface area contributed by atoms with E-state index in [2.05, 4.69) is 23.3 Å². The molecule has 0 radical (unpaired) electrons. The SMILES string of the molecule is CNCC(C)=Cc1cnc(C)s1. The normalized spacial score (nSPS) is 12.1. The largest absolute Gasteiger partial charge is 0.316 e. The molecule has 1 aromatic heterocycles. The van der Waals surface area contributed by atoms with Crippen LogP contribution in [0.1, 0.15) is 16.8 Å². The van der Waals surface area contributed by atoms with Gasteiger partial charge in [0.15, 0.2) is 0 Å². The molecule has 0 aliphatic rings. The van der Waals surface area contributed by atoms with Gasteiger partial charge in [0.1, 0.15) is 0 Å². The summed E-state index contributed by atoms with van der Waals surface area (Å²) < 4.78 is 0. The van der Waals surface area contributed by atoms with E-state index < -0.39 is 0 Å². The zero-order chi connectivity index (χ0) is 8.97. The van der Waals surface area contributed by atoms with Crippen LogP contribution < -0.4 is 5.32 Å². The number of hydrogen-bond donors (Lipinski definition) is 1. The van der Waals surface area contributed by atoms with E-state index in [1.165, 1.54) is 10.5 Å². The third-order valence-corrected chi connectivity index (χ3v) is 2.34. The van der Waals surface area contributed by atoms with E-state index in [0.717, 1.165) is 11.6 Å². The van der Waals surface area contributed by atoms with Gasteiger partial charge in [0, 0.05) is 17.6 Å². The van der Waals surface area contributed by atoms with Crippen LogP contribution in [0, 0.1) is 6.92 Å². The third kappa shape index (κ3) is 2.75. The van der Waals surface area contributed by atoms with E-state index in [4.69, 9.17) is 0 Å². The number of aryl methyl sites for hydroxylation is 1. The smallest absolute Gasteiger partial charge is 0.0900 e. The van der Waals surface area contributed by atoms with Crippen LogP contribution in [0.25, 0.3) is 6.08 Å². The van der Waals surface area contributed by atoms with E-state index in [0.29, 0.717) is 0 Å². The van der Waals surface area contributed by atoms with Gasteiger partial charge in [0.05, 0.1) is 5.01 Å². The van der Waals surface area contributed by atoms with Crippen LogP contribution in [0.2, 0.25) is 0 Å². The average Bonchev–Trinajstić information content (AvgIpc) is 2.36. The fourth-order valence-corrected chi connectivity index (χ4v) is 1.83. The number of nitrogens with zero attached hydrogens (tertiary/aromatic N) is 1. The van der Waals surface area contributed by atoms with Crippen LogP contribution in [0.3, 0.4) is 0 Å². The van der Waals surface area contributed by atoms with Gasteiger partial charge in [0.25, 0.3) is 0 Å². The first-order valence-electron chi connectivity index (χ1n) is 3.96. The number of thiazole rings is 1. The minimum atomic E-state index is 0.941. The summed E-state index contributed by atoms with van der Waals surface area (Å²) in [4.78, 5) is 5.42. The van der Waals surface area contributed by atoms with Crippen molar-refractivity contribution in [3.8, 4) is 0 Å². The van der Waals surface area contributed by atoms with Gasteiger partial charge < -0.3 is 5.32 Å². The van der Waals surface area contributed by atoms with Crippen LogP contribution in [0.5, 0.6) is 0 Å². The Balaban J connectivity index is 2.67. The Morgan fingerprint density at radius 1 is 1.75 bits per heavy atom. The average molecular weight is 182 g/mol. The molecule has 0 atom stereocenters. The van der Waals surface area contributed by atoms with Crippen molar-refractivity contribution in [2.24, 2.45) is 0 Å². The summed E-state index contributed by atoms with van der Waals surface area (Å²) in [5.41, 5.74) is 1.33. The molecule has 0 amide bonds. The maximum atomic E-state index is 4.18. The predicted octanol–water partition coefficient (Wildman–Crippen LogP) is 2.07. The van der Waals surface area contributed by atoms with E-state index in [9.17, 15) is 0 Å². The summed E-state index contributed by atoms with van der Waals surface area (Å²) in [6.45, 7) is 5.08. The Morgan fingerprint density at radius 2 is 2.50 bits per heavy atom. The second-order valence-corrected chi connectivity index (χ2v) is 4.07. The monoisotopic (exact) mass is 182 g/mol. The molecule has 0 spiro atoms. The Bertz CT molecular complexity index is 276. The first-order chi connectivity index (χ1) is 5.72. The van der Waals surface area contributed by atoms with Gasteiger partial charge in [0.2, 0.25) is 0 Å². The van der Waals surface area contributed by atoms with Crippen molar-refractivity contribution in [3.63, 3.8) is 0 Å². The molecule has 0 aromatic carbocycles. The minimum Gasteiger partial charge on any atom is -0.316 e. The molecule has 0 saturated heterocycles. The minimum absolute atomic E-state index is 0.941. The summed E-state index contributed by atoms with van der Waals surface area (Å²) in [7, 11) is 1.95. The van der Waals surface area contributed by atoms with Crippen LogP contribution in [-0.2, 0) is 0 Å². The maximum absolute atomic E-state index is 4.18. The highest BCUT2D eigenvalue weighted by Crippen LogP contribution is 2.14. The fourth-order valence-electron chi connectivity index (χ4n) is 1.02. The number of rotatable bonds is 3. The number of nitrogens with one attached hydrogen (secondary N) is 1. The van der Waals surface area contributed by atoms with Crippen molar-refractivity contribution in [2.45, 2.75) is 13.8 Å². The molecular weight excluding hydrogens is 168 g/mol. The Labute approximate surface area is 77.3 Å². The summed E-state index contributed by atoms with van der Waals surface area (Å²) in [6, 6.07) is 0. The Kier molecular flexibility index (Phi) is 3.44. The van der Waals surface area contributed by atoms with E-state index in [1.54, 1.807) is 11.3 Å². The summed E-state index contributed by atoms with van der Waals surface area (Å²) >= 11 is 1.73. The topological polar surface area (TPSA) is 24.9 Å². The first-order valence-corrected chi connectivity index (χ1v) is 4.78. The standard InChI is InChI=1S/C9H14N2S/c1-7(5-10-3)4-9-6-11-8(2)12-9/h4,6,10H,5H2,1-3H3. The van der Waals surface area contributed by atoms with E-state index in [1.807, 2.05) is 20.2 Å². The molecule has 0 aliphatic carbocycles. The molecule has 0 unspecified atom stereocenters. The summed E-state index contributed by atoms with van der Waals surface area (Å²) in [5, 5.41) is 4.23. The number of aromatic nitrogens is 1. The first kappa shape index (κ1) is 9.42. The lowest BCUT2D eigenvalue weighted by atomic mass is 10.3. The van der Waals surface area contributed by atoms with Crippen molar-refractivity contribution in [3.05, 3.63) is 21.7 Å². The van der Waals surface area contributed by atoms with Gasteiger partial charge in [-0.25, -0.2) is 4.98 Å². The van der Waals surface area contributed by atoms with Gasteiger partial charge >= 0.3 is 0 Å². The van der Waals surface area contributed by atoms with Crippen molar-refractivity contribution in [1.29, 1.82) is 0 Å². The molecular formula is C9H14N2S. The van der Waals surface area contributed by atoms with Crippen LogP contribution in [0.15, 0.2) is 11.8 Å². The van der Waals surface area contributed by atoms with Gasteiger partial charge in [-0.15, -0.1) is 11.3 Å². The molecule has 12 heavy (non-hydrogen) atoms. The quantitative estimate of drug-likeness (QED) is 0.774.